The molecule has 1 heterocycles. The zero-order valence-corrected chi connectivity index (χ0v) is 16.3. The van der Waals surface area contributed by atoms with Gasteiger partial charge in [0.05, 0.1) is 15.9 Å². The van der Waals surface area contributed by atoms with Crippen LogP contribution in [0, 0.1) is 6.92 Å². The van der Waals surface area contributed by atoms with Crippen molar-refractivity contribution in [2.24, 2.45) is 0 Å². The van der Waals surface area contributed by atoms with E-state index in [0.717, 1.165) is 35.3 Å². The van der Waals surface area contributed by atoms with Crippen LogP contribution < -0.4 is 10.0 Å². The summed E-state index contributed by atoms with van der Waals surface area (Å²) < 4.78 is 27.4. The maximum atomic E-state index is 12.6. The first-order valence-electron chi connectivity index (χ1n) is 9.27. The molecule has 0 aliphatic heterocycles. The number of fused-ring (bicyclic) bond motifs is 1. The second-order valence-corrected chi connectivity index (χ2v) is 8.79. The molecule has 8 heteroatoms. The smallest absolute Gasteiger partial charge is 0.251 e. The third-order valence-corrected chi connectivity index (χ3v) is 6.27. The van der Waals surface area contributed by atoms with Crippen LogP contribution in [0.4, 0.5) is 0 Å². The Kier molecular flexibility index (Phi) is 4.91. The van der Waals surface area contributed by atoms with Gasteiger partial charge in [-0.15, -0.1) is 0 Å². The average molecular weight is 398 g/mol. The normalized spacial score (nSPS) is 14.3. The summed E-state index contributed by atoms with van der Waals surface area (Å²) in [6.07, 6.45) is 2.28. The Morgan fingerprint density at radius 2 is 2.00 bits per heavy atom. The van der Waals surface area contributed by atoms with Crippen molar-refractivity contribution in [3.63, 3.8) is 0 Å². The minimum atomic E-state index is -3.59. The number of nitrogens with one attached hydrogen (secondary N) is 3. The van der Waals surface area contributed by atoms with Gasteiger partial charge >= 0.3 is 0 Å². The van der Waals surface area contributed by atoms with Crippen molar-refractivity contribution in [1.29, 1.82) is 0 Å². The number of imidazole rings is 1. The lowest BCUT2D eigenvalue weighted by atomic mass is 10.1. The van der Waals surface area contributed by atoms with Gasteiger partial charge in [0.1, 0.15) is 5.82 Å². The fourth-order valence-corrected chi connectivity index (χ4v) is 4.35. The largest absolute Gasteiger partial charge is 0.352 e. The molecule has 0 radical (unpaired) electrons. The third-order valence-electron chi connectivity index (χ3n) is 4.75. The molecule has 0 saturated heterocycles. The predicted octanol–water partition coefficient (Wildman–Crippen LogP) is 2.28. The number of hydrogen-bond donors (Lipinski definition) is 3. The lowest BCUT2D eigenvalue weighted by Crippen LogP contribution is -2.28. The highest BCUT2D eigenvalue weighted by Gasteiger charge is 2.28. The first-order chi connectivity index (χ1) is 13.4. The van der Waals surface area contributed by atoms with Crippen molar-refractivity contribution in [3.05, 3.63) is 59.4 Å². The van der Waals surface area contributed by atoms with Crippen LogP contribution in [0.15, 0.2) is 47.4 Å². The summed E-state index contributed by atoms with van der Waals surface area (Å²) in [6.45, 7) is 2.19. The highest BCUT2D eigenvalue weighted by molar-refractivity contribution is 7.89. The van der Waals surface area contributed by atoms with Gasteiger partial charge in [0.25, 0.3) is 5.91 Å². The van der Waals surface area contributed by atoms with E-state index in [1.807, 2.05) is 24.3 Å². The maximum absolute atomic E-state index is 12.6. The van der Waals surface area contributed by atoms with Crippen LogP contribution in [-0.4, -0.2) is 36.9 Å². The molecule has 1 aliphatic carbocycles. The number of amides is 1. The number of hydrogen-bond acceptors (Lipinski definition) is 4. The number of carbonyl (C=O) groups excluding carboxylic acids is 1. The van der Waals surface area contributed by atoms with Crippen LogP contribution in [-0.2, 0) is 16.4 Å². The van der Waals surface area contributed by atoms with E-state index in [4.69, 9.17) is 0 Å². The van der Waals surface area contributed by atoms with Crippen LogP contribution >= 0.6 is 0 Å². The fourth-order valence-electron chi connectivity index (χ4n) is 3.02. The van der Waals surface area contributed by atoms with Crippen LogP contribution in [0.2, 0.25) is 0 Å². The molecule has 3 N–H and O–H groups in total. The van der Waals surface area contributed by atoms with Gasteiger partial charge in [0.2, 0.25) is 10.0 Å². The zero-order valence-electron chi connectivity index (χ0n) is 15.5. The molecule has 7 nitrogen and oxygen atoms in total. The number of carbonyl (C=O) groups is 1. The zero-order chi connectivity index (χ0) is 19.7. The van der Waals surface area contributed by atoms with Crippen molar-refractivity contribution in [1.82, 2.24) is 20.0 Å². The third kappa shape index (κ3) is 4.07. The minimum Gasteiger partial charge on any atom is -0.352 e. The molecule has 0 spiro atoms. The van der Waals surface area contributed by atoms with Crippen molar-refractivity contribution in [2.75, 3.05) is 6.54 Å². The van der Waals surface area contributed by atoms with E-state index in [1.165, 1.54) is 12.1 Å². The van der Waals surface area contributed by atoms with E-state index in [0.29, 0.717) is 18.5 Å². The van der Waals surface area contributed by atoms with E-state index in [9.17, 15) is 13.2 Å². The number of rotatable bonds is 7. The number of aryl methyl sites for hydroxylation is 1. The maximum Gasteiger partial charge on any atom is 0.251 e. The molecule has 4 rings (SSSR count). The van der Waals surface area contributed by atoms with Crippen LogP contribution in [0.25, 0.3) is 11.0 Å². The molecule has 1 saturated carbocycles. The summed E-state index contributed by atoms with van der Waals surface area (Å²) in [6, 6.07) is 12.4. The fraction of sp³-hybridized carbons (Fsp3) is 0.300. The summed E-state index contributed by atoms with van der Waals surface area (Å²) >= 11 is 0. The molecular formula is C20H22N4O3S. The molecule has 3 aromatic rings. The van der Waals surface area contributed by atoms with Gasteiger partial charge in [-0.25, -0.2) is 18.1 Å². The lowest BCUT2D eigenvalue weighted by Gasteiger charge is -2.10. The Morgan fingerprint density at radius 3 is 2.75 bits per heavy atom. The number of H-pyrrole nitrogens is 1. The van der Waals surface area contributed by atoms with Crippen molar-refractivity contribution in [3.8, 4) is 0 Å². The molecule has 0 unspecified atom stereocenters. The van der Waals surface area contributed by atoms with E-state index >= 15 is 0 Å². The summed E-state index contributed by atoms with van der Waals surface area (Å²) in [5, 5.41) is 2.85. The monoisotopic (exact) mass is 398 g/mol. The van der Waals surface area contributed by atoms with Gasteiger partial charge in [-0.2, -0.15) is 0 Å². The number of nitrogens with zero attached hydrogens (tertiary/aromatic N) is 1. The van der Waals surface area contributed by atoms with Crippen molar-refractivity contribution < 1.29 is 13.2 Å². The molecular weight excluding hydrogens is 376 g/mol. The highest BCUT2D eigenvalue weighted by atomic mass is 32.2. The first kappa shape index (κ1) is 18.6. The van der Waals surface area contributed by atoms with Crippen molar-refractivity contribution >= 4 is 27.0 Å². The number of sulfonamides is 1. The summed E-state index contributed by atoms with van der Waals surface area (Å²) in [5.41, 5.74) is 2.94. The molecule has 1 amide bonds. The summed E-state index contributed by atoms with van der Waals surface area (Å²) in [4.78, 5) is 20.4. The molecule has 1 aliphatic rings. The number of benzene rings is 2. The molecule has 0 atom stereocenters. The molecule has 0 bridgehead atoms. The second-order valence-electron chi connectivity index (χ2n) is 7.08. The molecule has 2 aromatic carbocycles. The first-order valence-corrected chi connectivity index (χ1v) is 10.8. The highest BCUT2D eigenvalue weighted by Crippen LogP contribution is 2.23. The SMILES string of the molecule is Cc1ccc(S(=O)(=O)NC2CC2)cc1C(=O)NCCc1nc2ccccc2[nH]1. The standard InChI is InChI=1S/C20H22N4O3S/c1-13-6-9-15(28(26,27)24-14-7-8-14)12-16(13)20(25)21-11-10-19-22-17-4-2-3-5-18(17)23-19/h2-6,9,12,14,24H,7-8,10-11H2,1H3,(H,21,25)(H,22,23). The van der Waals surface area contributed by atoms with Gasteiger partial charge in [-0.05, 0) is 49.6 Å². The summed E-state index contributed by atoms with van der Waals surface area (Å²) in [5.74, 6) is 0.500. The van der Waals surface area contributed by atoms with Crippen LogP contribution in [0.3, 0.4) is 0 Å². The Bertz CT molecular complexity index is 1100. The van der Waals surface area contributed by atoms with Crippen LogP contribution in [0.5, 0.6) is 0 Å². The topological polar surface area (TPSA) is 104 Å². The van der Waals surface area contributed by atoms with E-state index in [1.54, 1.807) is 13.0 Å². The Balaban J connectivity index is 1.43. The molecule has 146 valence electrons. The molecule has 1 fully saturated rings. The minimum absolute atomic E-state index is 0.0207. The molecule has 1 aromatic heterocycles. The number of para-hydroxylation sites is 2. The number of aromatic nitrogens is 2. The van der Waals surface area contributed by atoms with Gasteiger partial charge in [-0.1, -0.05) is 18.2 Å². The Hall–Kier alpha value is -2.71. The van der Waals surface area contributed by atoms with E-state index < -0.39 is 10.0 Å². The predicted molar refractivity (Wildman–Crippen MR) is 107 cm³/mol. The van der Waals surface area contributed by atoms with Gasteiger partial charge in [0, 0.05) is 24.6 Å². The van der Waals surface area contributed by atoms with Gasteiger partial charge in [0.15, 0.2) is 0 Å². The van der Waals surface area contributed by atoms with E-state index in [2.05, 4.69) is 20.0 Å². The second kappa shape index (κ2) is 7.37. The summed E-state index contributed by atoms with van der Waals surface area (Å²) in [7, 11) is -3.59. The average Bonchev–Trinajstić information content (AvgIpc) is 3.36. The lowest BCUT2D eigenvalue weighted by molar-refractivity contribution is 0.0953. The van der Waals surface area contributed by atoms with Crippen LogP contribution in [0.1, 0.15) is 34.6 Å². The number of aromatic amines is 1. The molecule has 28 heavy (non-hydrogen) atoms. The van der Waals surface area contributed by atoms with E-state index in [-0.39, 0.29) is 16.8 Å². The Labute approximate surface area is 163 Å². The van der Waals surface area contributed by atoms with Gasteiger partial charge in [-0.3, -0.25) is 4.79 Å². The Morgan fingerprint density at radius 1 is 1.21 bits per heavy atom. The quantitative estimate of drug-likeness (QED) is 0.568. The van der Waals surface area contributed by atoms with Crippen molar-refractivity contribution in [2.45, 2.75) is 37.1 Å². The van der Waals surface area contributed by atoms with Gasteiger partial charge < -0.3 is 10.3 Å².